The summed E-state index contributed by atoms with van der Waals surface area (Å²) in [5, 5.41) is 33.3. The van der Waals surface area contributed by atoms with Crippen molar-refractivity contribution in [3.05, 3.63) is 129 Å². The van der Waals surface area contributed by atoms with Crippen molar-refractivity contribution in [2.45, 2.75) is 84.6 Å². The summed E-state index contributed by atoms with van der Waals surface area (Å²) in [6.45, 7) is 10.8. The van der Waals surface area contributed by atoms with Crippen LogP contribution < -0.4 is 10.4 Å². The lowest BCUT2D eigenvalue weighted by Crippen LogP contribution is -2.65. The summed E-state index contributed by atoms with van der Waals surface area (Å²) in [5.41, 5.74) is 1.74. The Morgan fingerprint density at radius 3 is 2.40 bits per heavy atom. The van der Waals surface area contributed by atoms with Gasteiger partial charge in [-0.15, -0.1) is 0 Å². The van der Waals surface area contributed by atoms with Gasteiger partial charge in [-0.25, -0.2) is 9.59 Å². The molecule has 0 spiro atoms. The minimum Gasteiger partial charge on any atom is -0.508 e. The van der Waals surface area contributed by atoms with Gasteiger partial charge in [-0.3, -0.25) is 4.79 Å². The first-order valence-corrected chi connectivity index (χ1v) is 17.9. The van der Waals surface area contributed by atoms with Crippen LogP contribution in [0.25, 0.3) is 16.7 Å². The van der Waals surface area contributed by atoms with E-state index in [-0.39, 0.29) is 39.3 Å². The standard InChI is InChI=1S/C43H45NO11/c1-23(2)13-15-26-21-27(16-19-32(26)45)33(46)22-30-35(47)29-17-20-34(25(4)37(29)53-40(30)49)52-42-36(48)38(39(51-7)43(5,6)55-42)54-41(50)31-18-14-24(3)44(31)28-11-9-8-10-12-28/h8-14,16-21,36,38-39,42,45,47-48H,15,22H2,1-7H3/t36-,38+,39-,42-/m1/s1. The van der Waals surface area contributed by atoms with Gasteiger partial charge in [-0.05, 0) is 108 Å². The van der Waals surface area contributed by atoms with E-state index in [0.717, 1.165) is 17.0 Å². The van der Waals surface area contributed by atoms with Crippen molar-refractivity contribution in [3.8, 4) is 22.9 Å². The van der Waals surface area contributed by atoms with E-state index >= 15 is 0 Å². The molecule has 0 bridgehead atoms. The van der Waals surface area contributed by atoms with Crippen LogP contribution in [-0.2, 0) is 27.1 Å². The topological polar surface area (TPSA) is 167 Å². The number of aryl methyl sites for hydroxylation is 2. The summed E-state index contributed by atoms with van der Waals surface area (Å²) in [5.74, 6) is -1.36. The van der Waals surface area contributed by atoms with Gasteiger partial charge in [-0.2, -0.15) is 0 Å². The van der Waals surface area contributed by atoms with Gasteiger partial charge < -0.3 is 43.3 Å². The number of hydrogen-bond donors (Lipinski definition) is 3. The number of carbonyl (C=O) groups is 2. The number of esters is 1. The van der Waals surface area contributed by atoms with Crippen LogP contribution in [0.15, 0.2) is 93.7 Å². The van der Waals surface area contributed by atoms with Gasteiger partial charge in [0.25, 0.3) is 0 Å². The molecular formula is C43H45NO11. The number of fused-ring (bicyclic) bond motifs is 1. The van der Waals surface area contributed by atoms with Crippen LogP contribution in [0.1, 0.15) is 70.9 Å². The number of rotatable bonds is 11. The number of Topliss-reactive ketones (excluding diaryl/α,β-unsaturated/α-hetero) is 1. The molecule has 1 aliphatic heterocycles. The molecule has 3 aromatic carbocycles. The number of methoxy groups -OCH3 is 1. The van der Waals surface area contributed by atoms with E-state index in [9.17, 15) is 29.7 Å². The van der Waals surface area contributed by atoms with Crippen molar-refractivity contribution in [1.29, 1.82) is 0 Å². The molecule has 288 valence electrons. The summed E-state index contributed by atoms with van der Waals surface area (Å²) in [6, 6.07) is 20.2. The van der Waals surface area contributed by atoms with Crippen molar-refractivity contribution in [2.75, 3.05) is 7.11 Å². The number of para-hydroxylation sites is 1. The molecule has 6 rings (SSSR count). The van der Waals surface area contributed by atoms with E-state index in [1.807, 2.05) is 57.2 Å². The normalized spacial score (nSPS) is 19.2. The van der Waals surface area contributed by atoms with E-state index in [1.54, 1.807) is 43.5 Å². The van der Waals surface area contributed by atoms with Gasteiger partial charge >= 0.3 is 11.6 Å². The summed E-state index contributed by atoms with van der Waals surface area (Å²) in [6.07, 6.45) is -3.13. The van der Waals surface area contributed by atoms with Crippen LogP contribution in [0.5, 0.6) is 17.2 Å². The molecule has 0 aliphatic carbocycles. The monoisotopic (exact) mass is 751 g/mol. The van der Waals surface area contributed by atoms with Gasteiger partial charge in [0.2, 0.25) is 6.29 Å². The fraction of sp³-hybridized carbons (Fsp3) is 0.326. The Morgan fingerprint density at radius 2 is 1.71 bits per heavy atom. The highest BCUT2D eigenvalue weighted by atomic mass is 16.7. The largest absolute Gasteiger partial charge is 0.508 e. The molecule has 1 aliphatic rings. The number of aromatic nitrogens is 1. The van der Waals surface area contributed by atoms with Crippen molar-refractivity contribution >= 4 is 22.7 Å². The van der Waals surface area contributed by atoms with Crippen LogP contribution in [0.2, 0.25) is 0 Å². The van der Waals surface area contributed by atoms with E-state index in [0.29, 0.717) is 17.5 Å². The fourth-order valence-electron chi connectivity index (χ4n) is 6.92. The molecule has 3 N–H and O–H groups in total. The number of phenols is 1. The Kier molecular flexibility index (Phi) is 11.1. The zero-order chi connectivity index (χ0) is 39.8. The number of aromatic hydroxyl groups is 2. The third-order valence-corrected chi connectivity index (χ3v) is 9.87. The lowest BCUT2D eigenvalue weighted by Gasteiger charge is -2.47. The number of carbonyl (C=O) groups excluding carboxylic acids is 2. The fourth-order valence-corrected chi connectivity index (χ4v) is 6.92. The lowest BCUT2D eigenvalue weighted by atomic mass is 9.89. The van der Waals surface area contributed by atoms with E-state index in [2.05, 4.69) is 0 Å². The van der Waals surface area contributed by atoms with Crippen molar-refractivity contribution < 1.29 is 48.3 Å². The Hall–Kier alpha value is -5.69. The number of allylic oxidation sites excluding steroid dienone is 2. The van der Waals surface area contributed by atoms with Gasteiger partial charge in [0.15, 0.2) is 18.0 Å². The minimum absolute atomic E-state index is 0.00388. The second-order valence-corrected chi connectivity index (χ2v) is 14.5. The third-order valence-electron chi connectivity index (χ3n) is 9.87. The molecule has 3 heterocycles. The van der Waals surface area contributed by atoms with Crippen molar-refractivity contribution in [3.63, 3.8) is 0 Å². The predicted octanol–water partition coefficient (Wildman–Crippen LogP) is 6.66. The highest BCUT2D eigenvalue weighted by Crippen LogP contribution is 2.38. The van der Waals surface area contributed by atoms with Gasteiger partial charge in [0.1, 0.15) is 34.6 Å². The first-order valence-electron chi connectivity index (χ1n) is 17.9. The summed E-state index contributed by atoms with van der Waals surface area (Å²) in [4.78, 5) is 40.3. The number of benzene rings is 3. The molecule has 0 unspecified atom stereocenters. The Labute approximate surface area is 318 Å². The summed E-state index contributed by atoms with van der Waals surface area (Å²) in [7, 11) is 1.43. The average molecular weight is 752 g/mol. The summed E-state index contributed by atoms with van der Waals surface area (Å²) >= 11 is 0. The van der Waals surface area contributed by atoms with Gasteiger partial charge in [-0.1, -0.05) is 29.8 Å². The highest BCUT2D eigenvalue weighted by molar-refractivity contribution is 5.99. The Bertz CT molecular complexity index is 2330. The van der Waals surface area contributed by atoms with Crippen molar-refractivity contribution in [1.82, 2.24) is 4.57 Å². The number of aliphatic hydroxyl groups excluding tert-OH is 1. The van der Waals surface area contributed by atoms with Gasteiger partial charge in [0, 0.05) is 36.0 Å². The van der Waals surface area contributed by atoms with Gasteiger partial charge in [0.05, 0.1) is 16.6 Å². The quantitative estimate of drug-likeness (QED) is 0.0572. The highest BCUT2D eigenvalue weighted by Gasteiger charge is 2.53. The summed E-state index contributed by atoms with van der Waals surface area (Å²) < 4.78 is 31.5. The number of nitrogens with zero attached hydrogens (tertiary/aromatic N) is 1. The van der Waals surface area contributed by atoms with Crippen LogP contribution >= 0.6 is 0 Å². The maximum Gasteiger partial charge on any atom is 0.355 e. The molecule has 55 heavy (non-hydrogen) atoms. The maximum absolute atomic E-state index is 13.7. The number of ketones is 1. The second-order valence-electron chi connectivity index (χ2n) is 14.5. The van der Waals surface area contributed by atoms with Crippen LogP contribution in [0.3, 0.4) is 0 Å². The molecule has 1 saturated heterocycles. The molecule has 2 aromatic heterocycles. The van der Waals surface area contributed by atoms with Crippen LogP contribution in [-0.4, -0.2) is 69.0 Å². The first kappa shape index (κ1) is 39.0. The number of aliphatic hydroxyl groups is 1. The molecular weight excluding hydrogens is 706 g/mol. The molecule has 0 radical (unpaired) electrons. The molecule has 1 fully saturated rings. The minimum atomic E-state index is -1.53. The third kappa shape index (κ3) is 7.79. The van der Waals surface area contributed by atoms with Crippen molar-refractivity contribution in [2.24, 2.45) is 0 Å². The molecule has 0 amide bonds. The smallest absolute Gasteiger partial charge is 0.355 e. The van der Waals surface area contributed by atoms with Crippen LogP contribution in [0, 0.1) is 13.8 Å². The van der Waals surface area contributed by atoms with E-state index in [4.69, 9.17) is 23.4 Å². The second kappa shape index (κ2) is 15.6. The molecule has 12 heteroatoms. The number of phenolic OH excluding ortho intramolecular Hbond substituents is 1. The maximum atomic E-state index is 13.7. The predicted molar refractivity (Wildman–Crippen MR) is 204 cm³/mol. The first-order chi connectivity index (χ1) is 26.1. The number of ether oxygens (including phenoxy) is 4. The Morgan fingerprint density at radius 1 is 0.982 bits per heavy atom. The molecule has 4 atom stereocenters. The van der Waals surface area contributed by atoms with E-state index < -0.39 is 59.8 Å². The lowest BCUT2D eigenvalue weighted by molar-refractivity contribution is -0.305. The van der Waals surface area contributed by atoms with E-state index in [1.165, 1.54) is 31.4 Å². The molecule has 12 nitrogen and oxygen atoms in total. The SMILES string of the molecule is CO[C@@H]1[C@@H](OC(=O)c2ccc(C)n2-c2ccccc2)[C@@H](O)[C@H](Oc2ccc3c(O)c(CC(=O)c4ccc(O)c(CC=C(C)C)c4)c(=O)oc3c2C)OC1(C)C. The molecule has 5 aromatic rings. The zero-order valence-electron chi connectivity index (χ0n) is 31.8. The average Bonchev–Trinajstić information content (AvgIpc) is 3.54. The van der Waals surface area contributed by atoms with Crippen LogP contribution in [0.4, 0.5) is 0 Å². The zero-order valence-corrected chi connectivity index (χ0v) is 31.8. The Balaban J connectivity index is 1.25. The molecule has 0 saturated carbocycles. The number of hydrogen-bond acceptors (Lipinski definition) is 11.